The minimum absolute atomic E-state index is 0.266. The highest BCUT2D eigenvalue weighted by molar-refractivity contribution is 7.11. The van der Waals surface area contributed by atoms with E-state index in [1.807, 2.05) is 16.2 Å². The van der Waals surface area contributed by atoms with Crippen molar-refractivity contribution >= 4 is 23.2 Å². The zero-order chi connectivity index (χ0) is 19.8. The zero-order valence-electron chi connectivity index (χ0n) is 16.8. The number of nitrogens with zero attached hydrogens (tertiary/aromatic N) is 2. The highest BCUT2D eigenvalue weighted by Crippen LogP contribution is 2.17. The molecule has 1 aromatic heterocycles. The Morgan fingerprint density at radius 3 is 2.68 bits per heavy atom. The molecule has 0 bridgehead atoms. The summed E-state index contributed by atoms with van der Waals surface area (Å²) in [6, 6.07) is 12.8. The van der Waals surface area contributed by atoms with E-state index in [2.05, 4.69) is 60.9 Å². The minimum Gasteiger partial charge on any atom is -0.357 e. The molecule has 0 aliphatic carbocycles. The van der Waals surface area contributed by atoms with Gasteiger partial charge in [0.2, 0.25) is 5.91 Å². The summed E-state index contributed by atoms with van der Waals surface area (Å²) in [6.07, 6.45) is 2.74. The van der Waals surface area contributed by atoms with Crippen molar-refractivity contribution < 1.29 is 4.79 Å². The van der Waals surface area contributed by atoms with Crippen LogP contribution in [-0.2, 0) is 30.8 Å². The van der Waals surface area contributed by atoms with Crippen molar-refractivity contribution in [2.75, 3.05) is 13.1 Å². The highest BCUT2D eigenvalue weighted by Gasteiger charge is 2.19. The molecule has 1 aliphatic rings. The summed E-state index contributed by atoms with van der Waals surface area (Å²) in [5.41, 5.74) is 2.33. The Hall–Kier alpha value is -2.34. The van der Waals surface area contributed by atoms with Gasteiger partial charge in [-0.1, -0.05) is 31.2 Å². The maximum atomic E-state index is 11.8. The SMILES string of the molecule is CCNC(=NCc1cccc(CN2CCCC2=O)c1)NCc1ccc(CC)s1. The fourth-order valence-corrected chi connectivity index (χ4v) is 4.21. The van der Waals surface area contributed by atoms with Crippen LogP contribution in [0, 0.1) is 0 Å². The lowest BCUT2D eigenvalue weighted by atomic mass is 10.1. The molecule has 0 spiro atoms. The molecule has 0 atom stereocenters. The van der Waals surface area contributed by atoms with Gasteiger partial charge in [0, 0.05) is 35.8 Å². The van der Waals surface area contributed by atoms with Crippen molar-refractivity contribution in [3.63, 3.8) is 0 Å². The number of amides is 1. The molecule has 2 N–H and O–H groups in total. The number of thiophene rings is 1. The monoisotopic (exact) mass is 398 g/mol. The van der Waals surface area contributed by atoms with Gasteiger partial charge < -0.3 is 15.5 Å². The number of rotatable bonds is 8. The summed E-state index contributed by atoms with van der Waals surface area (Å²) in [5, 5.41) is 6.73. The Balaban J connectivity index is 1.58. The van der Waals surface area contributed by atoms with Crippen LogP contribution < -0.4 is 10.6 Å². The number of hydrogen-bond acceptors (Lipinski definition) is 3. The van der Waals surface area contributed by atoms with E-state index in [0.29, 0.717) is 19.5 Å². The molecular weight excluding hydrogens is 368 g/mol. The molecular formula is C22H30N4OS. The third kappa shape index (κ3) is 5.83. The molecule has 1 fully saturated rings. The molecule has 2 heterocycles. The molecule has 1 amide bonds. The fourth-order valence-electron chi connectivity index (χ4n) is 3.31. The summed E-state index contributed by atoms with van der Waals surface area (Å²) in [5.74, 6) is 1.09. The summed E-state index contributed by atoms with van der Waals surface area (Å²) < 4.78 is 0. The Kier molecular flexibility index (Phi) is 7.48. The molecule has 1 aliphatic heterocycles. The first-order chi connectivity index (χ1) is 13.7. The van der Waals surface area contributed by atoms with Crippen LogP contribution in [0.1, 0.15) is 47.6 Å². The van der Waals surface area contributed by atoms with Crippen LogP contribution in [-0.4, -0.2) is 29.9 Å². The van der Waals surface area contributed by atoms with E-state index in [1.165, 1.54) is 15.3 Å². The largest absolute Gasteiger partial charge is 0.357 e. The zero-order valence-corrected chi connectivity index (χ0v) is 17.6. The number of likely N-dealkylation sites (tertiary alicyclic amines) is 1. The first-order valence-corrected chi connectivity index (χ1v) is 10.9. The standard InChI is InChI=1S/C22H30N4OS/c1-3-19-10-11-20(28-19)15-25-22(23-4-2)24-14-17-7-5-8-18(13-17)16-26-12-6-9-21(26)27/h5,7-8,10-11,13H,3-4,6,9,12,14-16H2,1-2H3,(H2,23,24,25). The van der Waals surface area contributed by atoms with E-state index in [0.717, 1.165) is 44.0 Å². The van der Waals surface area contributed by atoms with Gasteiger partial charge in [0.05, 0.1) is 13.1 Å². The predicted octanol–water partition coefficient (Wildman–Crippen LogP) is 3.69. The number of aliphatic imine (C=N–C) groups is 1. The van der Waals surface area contributed by atoms with Gasteiger partial charge in [-0.05, 0) is 43.0 Å². The number of carbonyl (C=O) groups excluding carboxylic acids is 1. The molecule has 0 unspecified atom stereocenters. The van der Waals surface area contributed by atoms with Crippen LogP contribution in [0.5, 0.6) is 0 Å². The van der Waals surface area contributed by atoms with Gasteiger partial charge in [-0.15, -0.1) is 11.3 Å². The number of guanidine groups is 1. The summed E-state index contributed by atoms with van der Waals surface area (Å²) in [6.45, 7) is 8.06. The molecule has 150 valence electrons. The molecule has 1 saturated heterocycles. The Morgan fingerprint density at radius 2 is 1.96 bits per heavy atom. The van der Waals surface area contributed by atoms with Gasteiger partial charge in [0.1, 0.15) is 0 Å². The van der Waals surface area contributed by atoms with Gasteiger partial charge in [-0.25, -0.2) is 4.99 Å². The van der Waals surface area contributed by atoms with Crippen molar-refractivity contribution in [1.29, 1.82) is 0 Å². The number of aryl methyl sites for hydroxylation is 1. The summed E-state index contributed by atoms with van der Waals surface area (Å²) >= 11 is 1.85. The fraction of sp³-hybridized carbons (Fsp3) is 0.455. The van der Waals surface area contributed by atoms with Crippen LogP contribution in [0.25, 0.3) is 0 Å². The Labute approximate surface area is 171 Å². The molecule has 28 heavy (non-hydrogen) atoms. The normalized spacial score (nSPS) is 14.6. The van der Waals surface area contributed by atoms with Gasteiger partial charge in [0.15, 0.2) is 5.96 Å². The minimum atomic E-state index is 0.266. The van der Waals surface area contributed by atoms with Crippen molar-refractivity contribution in [2.24, 2.45) is 4.99 Å². The third-order valence-corrected chi connectivity index (χ3v) is 6.03. The second kappa shape index (κ2) is 10.3. The maximum Gasteiger partial charge on any atom is 0.222 e. The molecule has 1 aromatic carbocycles. The average molecular weight is 399 g/mol. The molecule has 3 rings (SSSR count). The van der Waals surface area contributed by atoms with Crippen LogP contribution in [0.2, 0.25) is 0 Å². The van der Waals surface area contributed by atoms with E-state index >= 15 is 0 Å². The van der Waals surface area contributed by atoms with E-state index in [9.17, 15) is 4.79 Å². The number of benzene rings is 1. The molecule has 0 saturated carbocycles. The van der Waals surface area contributed by atoms with Gasteiger partial charge in [0.25, 0.3) is 0 Å². The lowest BCUT2D eigenvalue weighted by Gasteiger charge is -2.16. The van der Waals surface area contributed by atoms with E-state index in [4.69, 9.17) is 4.99 Å². The smallest absolute Gasteiger partial charge is 0.222 e. The molecule has 5 nitrogen and oxygen atoms in total. The maximum absolute atomic E-state index is 11.8. The predicted molar refractivity (Wildman–Crippen MR) is 116 cm³/mol. The highest BCUT2D eigenvalue weighted by atomic mass is 32.1. The lowest BCUT2D eigenvalue weighted by molar-refractivity contribution is -0.128. The Bertz CT molecular complexity index is 814. The summed E-state index contributed by atoms with van der Waals surface area (Å²) in [4.78, 5) is 21.3. The first-order valence-electron chi connectivity index (χ1n) is 10.1. The second-order valence-corrected chi connectivity index (χ2v) is 8.26. The third-order valence-electron chi connectivity index (χ3n) is 4.80. The number of nitrogens with one attached hydrogen (secondary N) is 2. The van der Waals surface area contributed by atoms with Crippen LogP contribution >= 0.6 is 11.3 Å². The lowest BCUT2D eigenvalue weighted by Crippen LogP contribution is -2.36. The van der Waals surface area contributed by atoms with Gasteiger partial charge >= 0.3 is 0 Å². The van der Waals surface area contributed by atoms with E-state index in [1.54, 1.807) is 0 Å². The van der Waals surface area contributed by atoms with Crippen molar-refractivity contribution in [2.45, 2.75) is 52.7 Å². The second-order valence-electron chi connectivity index (χ2n) is 7.01. The average Bonchev–Trinajstić information content (AvgIpc) is 3.33. The van der Waals surface area contributed by atoms with Crippen LogP contribution in [0.3, 0.4) is 0 Å². The van der Waals surface area contributed by atoms with E-state index < -0.39 is 0 Å². The van der Waals surface area contributed by atoms with E-state index in [-0.39, 0.29) is 5.91 Å². The Morgan fingerprint density at radius 1 is 1.14 bits per heavy atom. The van der Waals surface area contributed by atoms with Gasteiger partial charge in [-0.3, -0.25) is 4.79 Å². The number of carbonyl (C=O) groups is 1. The first kappa shape index (κ1) is 20.4. The topological polar surface area (TPSA) is 56.7 Å². The van der Waals surface area contributed by atoms with Crippen molar-refractivity contribution in [1.82, 2.24) is 15.5 Å². The summed E-state index contributed by atoms with van der Waals surface area (Å²) in [7, 11) is 0. The van der Waals surface area contributed by atoms with Crippen LogP contribution in [0.15, 0.2) is 41.4 Å². The molecule has 2 aromatic rings. The number of hydrogen-bond donors (Lipinski definition) is 2. The quantitative estimate of drug-likeness (QED) is 0.527. The molecule has 6 heteroatoms. The van der Waals surface area contributed by atoms with Crippen LogP contribution in [0.4, 0.5) is 0 Å². The van der Waals surface area contributed by atoms with Gasteiger partial charge in [-0.2, -0.15) is 0 Å². The van der Waals surface area contributed by atoms with Crippen molar-refractivity contribution in [3.8, 4) is 0 Å². The van der Waals surface area contributed by atoms with Crippen molar-refractivity contribution in [3.05, 3.63) is 57.3 Å². The molecule has 0 radical (unpaired) electrons.